The predicted octanol–water partition coefficient (Wildman–Crippen LogP) is 1.84. The van der Waals surface area contributed by atoms with E-state index in [4.69, 9.17) is 24.0 Å². The van der Waals surface area contributed by atoms with Gasteiger partial charge in [0.05, 0.1) is 30.7 Å². The van der Waals surface area contributed by atoms with Crippen molar-refractivity contribution in [2.24, 2.45) is 0 Å². The minimum atomic E-state index is -3.96. The van der Waals surface area contributed by atoms with Crippen LogP contribution in [0.4, 0.5) is 5.82 Å². The molecule has 2 aliphatic rings. The molecule has 0 aliphatic carbocycles. The first-order chi connectivity index (χ1) is 16.7. The molecular formula is C20H25N6O7PS. The van der Waals surface area contributed by atoms with Crippen molar-refractivity contribution in [2.75, 3.05) is 25.2 Å². The Morgan fingerprint density at radius 2 is 2.20 bits per heavy atom. The summed E-state index contributed by atoms with van der Waals surface area (Å²) in [6.45, 7) is 1.22. The Morgan fingerprint density at radius 3 is 3.00 bits per heavy atom. The minimum absolute atomic E-state index is 0.162. The Morgan fingerprint density at radius 1 is 1.37 bits per heavy atom. The zero-order valence-electron chi connectivity index (χ0n) is 18.9. The second kappa shape index (κ2) is 9.37. The number of anilines is 1. The van der Waals surface area contributed by atoms with Gasteiger partial charge in [-0.1, -0.05) is 0 Å². The van der Waals surface area contributed by atoms with Crippen molar-refractivity contribution in [3.8, 4) is 0 Å². The first kappa shape index (κ1) is 24.5. The van der Waals surface area contributed by atoms with Gasteiger partial charge in [0.1, 0.15) is 29.7 Å². The molecule has 5 heterocycles. The predicted molar refractivity (Wildman–Crippen MR) is 124 cm³/mol. The van der Waals surface area contributed by atoms with Crippen LogP contribution < -0.4 is 5.73 Å². The number of hydrogen-bond acceptors (Lipinski definition) is 13. The smallest absolute Gasteiger partial charge is 0.387 e. The van der Waals surface area contributed by atoms with Crippen LogP contribution in [-0.4, -0.2) is 72.0 Å². The summed E-state index contributed by atoms with van der Waals surface area (Å²) in [7, 11) is -3.96. The first-order valence-electron chi connectivity index (χ1n) is 10.8. The van der Waals surface area contributed by atoms with Crippen LogP contribution in [0.3, 0.4) is 0 Å². The number of aromatic nitrogens is 5. The lowest BCUT2D eigenvalue weighted by Gasteiger charge is -2.30. The summed E-state index contributed by atoms with van der Waals surface area (Å²) in [5.74, 6) is 0.171. The highest BCUT2D eigenvalue weighted by Crippen LogP contribution is 2.57. The van der Waals surface area contributed by atoms with E-state index in [2.05, 4.69) is 19.9 Å². The zero-order chi connectivity index (χ0) is 24.8. The molecule has 6 atom stereocenters. The maximum Gasteiger partial charge on any atom is 0.475 e. The van der Waals surface area contributed by atoms with E-state index in [0.29, 0.717) is 17.6 Å². The fraction of sp³-hybridized carbons (Fsp3) is 0.500. The molecule has 3 aromatic rings. The fourth-order valence-electron chi connectivity index (χ4n) is 4.13. The maximum absolute atomic E-state index is 13.2. The molecule has 0 bridgehead atoms. The lowest BCUT2D eigenvalue weighted by molar-refractivity contribution is -0.0953. The van der Waals surface area contributed by atoms with E-state index >= 15 is 0 Å². The highest BCUT2D eigenvalue weighted by Gasteiger charge is 2.54. The van der Waals surface area contributed by atoms with Crippen LogP contribution in [0.25, 0.3) is 11.2 Å². The fourth-order valence-corrected chi connectivity index (χ4v) is 5.94. The normalized spacial score (nSPS) is 33.4. The van der Waals surface area contributed by atoms with Gasteiger partial charge in [-0.05, 0) is 30.9 Å². The van der Waals surface area contributed by atoms with Crippen LogP contribution in [0.2, 0.25) is 0 Å². The number of pyridine rings is 1. The van der Waals surface area contributed by atoms with Crippen LogP contribution in [-0.2, 0) is 22.9 Å². The van der Waals surface area contributed by atoms with Crippen molar-refractivity contribution in [1.29, 1.82) is 0 Å². The second-order valence-corrected chi connectivity index (χ2v) is 10.8. The standard InChI is InChI=1S/C20H25N6O7PS/c1-20(28)16(27)13(32-19(20)26-10-25-15-17(21)23-9-24-18(15)26)8-31-34(29)30-6-4-12(33-34)11-3-5-22-14(7-11)35-2/h3,5,7,9-10,12-13,16,19,27-28H,4,6,8H2,1-2H3,(H2,21,23,24)/t12-,13+,16+,19+,20+,34+/m0/s1. The van der Waals surface area contributed by atoms with E-state index in [0.717, 1.165) is 10.6 Å². The van der Waals surface area contributed by atoms with Crippen LogP contribution in [0.5, 0.6) is 0 Å². The molecule has 0 aromatic carbocycles. The number of aliphatic hydroxyl groups excluding tert-OH is 1. The van der Waals surface area contributed by atoms with Crippen molar-refractivity contribution >= 4 is 36.6 Å². The third-order valence-electron chi connectivity index (χ3n) is 6.02. The van der Waals surface area contributed by atoms with Gasteiger partial charge in [0.25, 0.3) is 0 Å². The molecule has 0 spiro atoms. The van der Waals surface area contributed by atoms with Crippen molar-refractivity contribution in [3.05, 3.63) is 36.5 Å². The van der Waals surface area contributed by atoms with Gasteiger partial charge in [-0.25, -0.2) is 24.5 Å². The van der Waals surface area contributed by atoms with E-state index < -0.39 is 38.0 Å². The van der Waals surface area contributed by atoms with Crippen molar-refractivity contribution in [2.45, 2.75) is 48.5 Å². The molecule has 0 saturated carbocycles. The number of phosphoric ester groups is 1. The molecule has 0 amide bonds. The van der Waals surface area contributed by atoms with E-state index in [1.165, 1.54) is 35.9 Å². The lowest BCUT2D eigenvalue weighted by atomic mass is 9.96. The summed E-state index contributed by atoms with van der Waals surface area (Å²) < 4.78 is 37.1. The molecule has 0 radical (unpaired) electrons. The van der Waals surface area contributed by atoms with Gasteiger partial charge in [0, 0.05) is 12.6 Å². The third-order valence-corrected chi connectivity index (χ3v) is 8.14. The number of nitrogens with two attached hydrogens (primary N) is 1. The second-order valence-electron chi connectivity index (χ2n) is 8.37. The lowest BCUT2D eigenvalue weighted by Crippen LogP contribution is -2.44. The van der Waals surface area contributed by atoms with Gasteiger partial charge in [-0.2, -0.15) is 0 Å². The quantitative estimate of drug-likeness (QED) is 0.315. The van der Waals surface area contributed by atoms with Crippen LogP contribution in [0, 0.1) is 0 Å². The van der Waals surface area contributed by atoms with E-state index in [-0.39, 0.29) is 19.0 Å². The molecule has 3 aromatic heterocycles. The number of phosphoric acid groups is 1. The molecule has 4 N–H and O–H groups in total. The van der Waals surface area contributed by atoms with E-state index in [9.17, 15) is 14.8 Å². The summed E-state index contributed by atoms with van der Waals surface area (Å²) in [6, 6.07) is 3.65. The minimum Gasteiger partial charge on any atom is -0.387 e. The Labute approximate surface area is 204 Å². The topological polar surface area (TPSA) is 177 Å². The van der Waals surface area contributed by atoms with Gasteiger partial charge in [-0.3, -0.25) is 18.1 Å². The number of rotatable bonds is 6. The maximum atomic E-state index is 13.2. The van der Waals surface area contributed by atoms with Crippen molar-refractivity contribution < 1.29 is 33.1 Å². The van der Waals surface area contributed by atoms with Crippen molar-refractivity contribution in [1.82, 2.24) is 24.5 Å². The van der Waals surface area contributed by atoms with Crippen LogP contribution >= 0.6 is 19.6 Å². The molecular weight excluding hydrogens is 499 g/mol. The third kappa shape index (κ3) is 4.56. The SMILES string of the molecule is CSc1cc([C@@H]2CCO[P@](=O)(OC[C@H]3O[C@@H](n4cnc5c(N)ncnc54)[C@](C)(O)[C@@H]3O)O2)ccn1. The van der Waals surface area contributed by atoms with E-state index in [1.807, 2.05) is 12.3 Å². The van der Waals surface area contributed by atoms with Gasteiger partial charge < -0.3 is 20.7 Å². The number of hydrogen-bond donors (Lipinski definition) is 3. The van der Waals surface area contributed by atoms with Gasteiger partial charge in [-0.15, -0.1) is 11.8 Å². The Hall–Kier alpha value is -2.16. The summed E-state index contributed by atoms with van der Waals surface area (Å²) >= 11 is 1.49. The Kier molecular flexibility index (Phi) is 6.57. The molecule has 2 fully saturated rings. The molecule has 13 nitrogen and oxygen atoms in total. The number of ether oxygens (including phenoxy) is 1. The van der Waals surface area contributed by atoms with Crippen LogP contribution in [0.15, 0.2) is 36.0 Å². The number of imidazole rings is 1. The molecule has 2 saturated heterocycles. The summed E-state index contributed by atoms with van der Waals surface area (Å²) in [5, 5.41) is 22.6. The summed E-state index contributed by atoms with van der Waals surface area (Å²) in [5.41, 5.74) is 5.56. The molecule has 35 heavy (non-hydrogen) atoms. The number of nitrogens with zero attached hydrogens (tertiary/aromatic N) is 5. The number of fused-ring (bicyclic) bond motifs is 1. The number of aliphatic hydroxyl groups is 2. The Bertz CT molecular complexity index is 1280. The molecule has 0 unspecified atom stereocenters. The first-order valence-corrected chi connectivity index (χ1v) is 13.5. The van der Waals surface area contributed by atoms with Crippen LogP contribution in [0.1, 0.15) is 31.2 Å². The molecule has 2 aliphatic heterocycles. The van der Waals surface area contributed by atoms with E-state index in [1.54, 1.807) is 12.3 Å². The summed E-state index contributed by atoms with van der Waals surface area (Å²) in [4.78, 5) is 16.5. The van der Waals surface area contributed by atoms with Gasteiger partial charge >= 0.3 is 7.82 Å². The van der Waals surface area contributed by atoms with Crippen molar-refractivity contribution in [3.63, 3.8) is 0 Å². The molecule has 15 heteroatoms. The van der Waals surface area contributed by atoms with Gasteiger partial charge in [0.2, 0.25) is 0 Å². The number of nitrogen functional groups attached to an aromatic ring is 1. The molecule has 5 rings (SSSR count). The highest BCUT2D eigenvalue weighted by molar-refractivity contribution is 7.98. The van der Waals surface area contributed by atoms with Gasteiger partial charge in [0.15, 0.2) is 17.7 Å². The largest absolute Gasteiger partial charge is 0.475 e. The Balaban J connectivity index is 1.30. The average Bonchev–Trinajstić information content (AvgIpc) is 3.37. The molecule has 188 valence electrons. The monoisotopic (exact) mass is 524 g/mol. The number of thioether (sulfide) groups is 1. The summed E-state index contributed by atoms with van der Waals surface area (Å²) in [6.07, 6.45) is 2.70. The highest BCUT2D eigenvalue weighted by atomic mass is 32.2. The average molecular weight is 524 g/mol. The zero-order valence-corrected chi connectivity index (χ0v) is 20.6.